The van der Waals surface area contributed by atoms with E-state index in [1.807, 2.05) is 0 Å². The van der Waals surface area contributed by atoms with Gasteiger partial charge in [0.2, 0.25) is 0 Å². The smallest absolute Gasteiger partial charge is 0.408 e. The van der Waals surface area contributed by atoms with E-state index in [1.54, 1.807) is 0 Å². The Balaban J connectivity index is 0.000000164. The normalized spacial score (nSPS) is 19.6. The minimum Gasteiger partial charge on any atom is -0.465 e. The third-order valence-electron chi connectivity index (χ3n) is 3.18. The van der Waals surface area contributed by atoms with Gasteiger partial charge in [0.05, 0.1) is 0 Å². The van der Waals surface area contributed by atoms with Crippen LogP contribution in [0.15, 0.2) is 24.3 Å². The number of carbonyl (C=O) groups excluding carboxylic acids is 1. The molecule has 1 fully saturated rings. The second-order valence-corrected chi connectivity index (χ2v) is 4.38. The number of benzene rings is 1. The first-order chi connectivity index (χ1) is 8.59. The van der Waals surface area contributed by atoms with Gasteiger partial charge in [-0.2, -0.15) is 0 Å². The summed E-state index contributed by atoms with van der Waals surface area (Å²) in [4.78, 5) is 22.8. The number of fused-ring (bicyclic) bond motifs is 1. The van der Waals surface area contributed by atoms with Crippen LogP contribution in [0.4, 0.5) is 4.79 Å². The predicted octanol–water partition coefficient (Wildman–Crippen LogP) is 1.19. The van der Waals surface area contributed by atoms with E-state index in [0.717, 1.165) is 0 Å². The Morgan fingerprint density at radius 1 is 1.28 bits per heavy atom. The molecule has 0 saturated carbocycles. The van der Waals surface area contributed by atoms with Crippen LogP contribution in [0, 0.1) is 0 Å². The van der Waals surface area contributed by atoms with Crippen molar-refractivity contribution in [3.8, 4) is 11.1 Å². The van der Waals surface area contributed by atoms with Crippen molar-refractivity contribution >= 4 is 11.9 Å². The van der Waals surface area contributed by atoms with Gasteiger partial charge in [0.25, 0.3) is 0 Å². The topological polar surface area (TPSA) is 69.6 Å². The van der Waals surface area contributed by atoms with Gasteiger partial charge in [-0.25, -0.2) is 4.79 Å². The van der Waals surface area contributed by atoms with Gasteiger partial charge in [0, 0.05) is 19.6 Å². The van der Waals surface area contributed by atoms with Gasteiger partial charge in [-0.05, 0) is 18.1 Å². The first-order valence-electron chi connectivity index (χ1n) is 5.91. The molecule has 96 valence electrons. The fourth-order valence-electron chi connectivity index (χ4n) is 1.96. The molecule has 5 heteroatoms. The third kappa shape index (κ3) is 2.51. The molecular formula is C13H16N2O3. The molecule has 1 amide bonds. The fraction of sp³-hybridized carbons (Fsp3) is 0.385. The molecule has 3 aliphatic rings. The van der Waals surface area contributed by atoms with Crippen LogP contribution >= 0.6 is 0 Å². The highest BCUT2D eigenvalue weighted by Gasteiger charge is 2.29. The van der Waals surface area contributed by atoms with Crippen molar-refractivity contribution in [3.05, 3.63) is 24.3 Å². The zero-order valence-corrected chi connectivity index (χ0v) is 10.2. The molecule has 1 atom stereocenters. The van der Waals surface area contributed by atoms with Gasteiger partial charge in [-0.15, -0.1) is 0 Å². The van der Waals surface area contributed by atoms with Crippen LogP contribution in [0.3, 0.4) is 0 Å². The third-order valence-corrected chi connectivity index (χ3v) is 3.18. The summed E-state index contributed by atoms with van der Waals surface area (Å²) in [6, 6.07) is 7.98. The highest BCUT2D eigenvalue weighted by atomic mass is 16.4. The van der Waals surface area contributed by atoms with E-state index in [1.165, 1.54) is 23.0 Å². The largest absolute Gasteiger partial charge is 0.465 e. The van der Waals surface area contributed by atoms with Gasteiger partial charge in [-0.1, -0.05) is 24.3 Å². The van der Waals surface area contributed by atoms with E-state index >= 15 is 0 Å². The minimum atomic E-state index is -1.02. The molecule has 1 heterocycles. The van der Waals surface area contributed by atoms with E-state index in [2.05, 4.69) is 29.6 Å². The summed E-state index contributed by atoms with van der Waals surface area (Å²) in [6.45, 7) is 2.85. The molecule has 0 aromatic rings. The number of hydrogen-bond donors (Lipinski definition) is 2. The molecule has 18 heavy (non-hydrogen) atoms. The maximum Gasteiger partial charge on any atom is 0.408 e. The lowest BCUT2D eigenvalue weighted by atomic mass is 9.95. The molecule has 3 rings (SSSR count). The number of carbonyl (C=O) groups is 2. The Kier molecular flexibility index (Phi) is 3.62. The van der Waals surface area contributed by atoms with Gasteiger partial charge >= 0.3 is 6.09 Å². The molecule has 0 spiro atoms. The van der Waals surface area contributed by atoms with Crippen LogP contribution in [-0.4, -0.2) is 47.6 Å². The van der Waals surface area contributed by atoms with E-state index in [4.69, 9.17) is 5.11 Å². The quantitative estimate of drug-likeness (QED) is 0.795. The highest BCUT2D eigenvalue weighted by molar-refractivity contribution is 5.85. The van der Waals surface area contributed by atoms with Crippen molar-refractivity contribution in [2.24, 2.45) is 0 Å². The number of Topliss-reactive ketones (excluding diaryl/α,β-unsaturated/α-hetero) is 1. The van der Waals surface area contributed by atoms with Crippen LogP contribution < -0.4 is 5.32 Å². The summed E-state index contributed by atoms with van der Waals surface area (Å²) in [5, 5.41) is 11.7. The predicted molar refractivity (Wildman–Crippen MR) is 67.5 cm³/mol. The zero-order valence-electron chi connectivity index (χ0n) is 10.2. The Hall–Kier alpha value is -1.88. The number of piperazine rings is 1. The maximum atomic E-state index is 11.0. The first-order valence-corrected chi connectivity index (χ1v) is 5.91. The van der Waals surface area contributed by atoms with Crippen molar-refractivity contribution < 1.29 is 14.7 Å². The Morgan fingerprint density at radius 3 is 2.11 bits per heavy atom. The number of nitrogens with one attached hydrogen (secondary N) is 1. The minimum absolute atomic E-state index is 0.107. The number of carboxylic acid groups (broad SMARTS) is 1. The maximum absolute atomic E-state index is 11.0. The van der Waals surface area contributed by atoms with Crippen molar-refractivity contribution in [1.82, 2.24) is 10.2 Å². The second kappa shape index (κ2) is 5.18. The Bertz CT molecular complexity index is 413. The van der Waals surface area contributed by atoms with Gasteiger partial charge in [0.1, 0.15) is 6.04 Å². The molecule has 1 aliphatic heterocycles. The van der Waals surface area contributed by atoms with Crippen LogP contribution in [-0.2, 0) is 4.79 Å². The molecule has 2 aliphatic carbocycles. The molecular weight excluding hydrogens is 232 g/mol. The molecule has 0 bridgehead atoms. The average Bonchev–Trinajstić information content (AvgIpc) is 2.34. The van der Waals surface area contributed by atoms with E-state index in [9.17, 15) is 9.59 Å². The Morgan fingerprint density at radius 2 is 1.83 bits per heavy atom. The summed E-state index contributed by atoms with van der Waals surface area (Å²) < 4.78 is 0. The average molecular weight is 248 g/mol. The van der Waals surface area contributed by atoms with Gasteiger partial charge in [0.15, 0.2) is 5.78 Å². The standard InChI is InChI=1S/C7H12N2O3.C6H4/c1-5(10)6-4-8-2-3-9(6)7(11)12;1-2-6-4-3-5(1)6/h6,8H,2-4H2,1H3,(H,11,12);1-4H. The lowest BCUT2D eigenvalue weighted by Crippen LogP contribution is -2.56. The highest BCUT2D eigenvalue weighted by Crippen LogP contribution is 2.29. The summed E-state index contributed by atoms with van der Waals surface area (Å²) in [7, 11) is 0. The van der Waals surface area contributed by atoms with Crippen molar-refractivity contribution in [1.29, 1.82) is 0 Å². The summed E-state index contributed by atoms with van der Waals surface area (Å²) in [5.74, 6) is -0.107. The van der Waals surface area contributed by atoms with Crippen LogP contribution in [0.1, 0.15) is 6.92 Å². The number of rotatable bonds is 1. The summed E-state index contributed by atoms with van der Waals surface area (Å²) in [6.07, 6.45) is -1.02. The SMILES string of the molecule is CC(=O)C1CNCCN1C(=O)O.c1cc2ccc1-2. The van der Waals surface area contributed by atoms with Crippen molar-refractivity contribution in [3.63, 3.8) is 0 Å². The monoisotopic (exact) mass is 248 g/mol. The summed E-state index contributed by atoms with van der Waals surface area (Å²) >= 11 is 0. The molecule has 5 nitrogen and oxygen atoms in total. The van der Waals surface area contributed by atoms with Crippen LogP contribution in [0.5, 0.6) is 0 Å². The first kappa shape index (κ1) is 12.6. The van der Waals surface area contributed by atoms with Crippen LogP contribution in [0.2, 0.25) is 0 Å². The van der Waals surface area contributed by atoms with Gasteiger partial charge < -0.3 is 10.4 Å². The molecule has 1 unspecified atom stereocenters. The molecule has 0 aromatic heterocycles. The lowest BCUT2D eigenvalue weighted by Gasteiger charge is -2.32. The van der Waals surface area contributed by atoms with Crippen LogP contribution in [0.25, 0.3) is 11.1 Å². The molecule has 0 radical (unpaired) electrons. The molecule has 0 aromatic carbocycles. The van der Waals surface area contributed by atoms with E-state index in [0.29, 0.717) is 19.6 Å². The Labute approximate surface area is 105 Å². The zero-order chi connectivity index (χ0) is 13.1. The number of hydrogen-bond acceptors (Lipinski definition) is 3. The van der Waals surface area contributed by atoms with E-state index in [-0.39, 0.29) is 5.78 Å². The van der Waals surface area contributed by atoms with Crippen molar-refractivity contribution in [2.75, 3.05) is 19.6 Å². The van der Waals surface area contributed by atoms with Gasteiger partial charge in [-0.3, -0.25) is 9.69 Å². The fourth-order valence-corrected chi connectivity index (χ4v) is 1.96. The lowest BCUT2D eigenvalue weighted by molar-refractivity contribution is -0.122. The summed E-state index contributed by atoms with van der Waals surface area (Å²) in [5.41, 5.74) is 2.85. The second-order valence-electron chi connectivity index (χ2n) is 4.38. The molecule has 1 saturated heterocycles. The van der Waals surface area contributed by atoms with Crippen molar-refractivity contribution in [2.45, 2.75) is 13.0 Å². The number of ketones is 1. The number of amides is 1. The molecule has 2 N–H and O–H groups in total. The van der Waals surface area contributed by atoms with E-state index < -0.39 is 12.1 Å². The number of nitrogens with zero attached hydrogens (tertiary/aromatic N) is 1.